The molecule has 19 heavy (non-hydrogen) atoms. The third-order valence-electron chi connectivity index (χ3n) is 2.52. The first-order valence-corrected chi connectivity index (χ1v) is 6.73. The zero-order chi connectivity index (χ0) is 13.8. The molecule has 5 nitrogen and oxygen atoms in total. The molecular formula is C13H13N3O2S. The third kappa shape index (κ3) is 2.97. The minimum absolute atomic E-state index is 0.0706. The second kappa shape index (κ2) is 5.62. The standard InChI is InChI=1S/C13H13N3O2S/c1-19-11-5-3-2-4-10(11)16-12-9(14)6-8(7-15-12)13(17)18/h2-7H,14H2,1H3,(H,15,16)(H,17,18). The van der Waals surface area contributed by atoms with E-state index in [1.807, 2.05) is 30.5 Å². The van der Waals surface area contributed by atoms with E-state index in [-0.39, 0.29) is 5.56 Å². The minimum Gasteiger partial charge on any atom is -0.478 e. The minimum atomic E-state index is -1.05. The van der Waals surface area contributed by atoms with Crippen molar-refractivity contribution >= 4 is 34.9 Å². The van der Waals surface area contributed by atoms with Gasteiger partial charge in [0.15, 0.2) is 5.82 Å². The summed E-state index contributed by atoms with van der Waals surface area (Å²) in [4.78, 5) is 15.9. The van der Waals surface area contributed by atoms with E-state index in [0.717, 1.165) is 10.6 Å². The summed E-state index contributed by atoms with van der Waals surface area (Å²) in [6.45, 7) is 0. The number of nitrogens with two attached hydrogens (primary N) is 1. The first-order valence-electron chi connectivity index (χ1n) is 5.50. The van der Waals surface area contributed by atoms with E-state index >= 15 is 0 Å². The number of anilines is 3. The van der Waals surface area contributed by atoms with E-state index < -0.39 is 5.97 Å². The number of carboxylic acid groups (broad SMARTS) is 1. The number of pyridine rings is 1. The topological polar surface area (TPSA) is 88.2 Å². The largest absolute Gasteiger partial charge is 0.478 e. The molecule has 0 saturated heterocycles. The molecule has 0 radical (unpaired) electrons. The molecule has 2 rings (SSSR count). The molecule has 0 aliphatic carbocycles. The molecule has 6 heteroatoms. The van der Waals surface area contributed by atoms with Gasteiger partial charge < -0.3 is 16.2 Å². The first-order chi connectivity index (χ1) is 9.11. The summed E-state index contributed by atoms with van der Waals surface area (Å²) in [5.41, 5.74) is 7.06. The van der Waals surface area contributed by atoms with Gasteiger partial charge in [-0.05, 0) is 24.5 Å². The lowest BCUT2D eigenvalue weighted by molar-refractivity contribution is 0.0696. The number of rotatable bonds is 4. The zero-order valence-corrected chi connectivity index (χ0v) is 11.1. The fourth-order valence-corrected chi connectivity index (χ4v) is 2.13. The predicted molar refractivity (Wildman–Crippen MR) is 77.1 cm³/mol. The molecule has 1 heterocycles. The molecule has 1 aromatic carbocycles. The molecule has 1 aromatic heterocycles. The van der Waals surface area contributed by atoms with Crippen LogP contribution in [0.15, 0.2) is 41.4 Å². The van der Waals surface area contributed by atoms with Crippen molar-refractivity contribution in [1.82, 2.24) is 4.98 Å². The quantitative estimate of drug-likeness (QED) is 0.744. The molecule has 98 valence electrons. The average Bonchev–Trinajstić information content (AvgIpc) is 2.41. The molecule has 0 aliphatic heterocycles. The second-order valence-electron chi connectivity index (χ2n) is 3.79. The number of para-hydroxylation sites is 1. The van der Waals surface area contributed by atoms with Crippen molar-refractivity contribution in [3.63, 3.8) is 0 Å². The summed E-state index contributed by atoms with van der Waals surface area (Å²) >= 11 is 1.60. The number of aromatic nitrogens is 1. The van der Waals surface area contributed by atoms with Gasteiger partial charge in [0.1, 0.15) is 0 Å². The van der Waals surface area contributed by atoms with Crippen LogP contribution in [0.3, 0.4) is 0 Å². The Labute approximate surface area is 114 Å². The van der Waals surface area contributed by atoms with Gasteiger partial charge in [0.2, 0.25) is 0 Å². The second-order valence-corrected chi connectivity index (χ2v) is 4.64. The van der Waals surface area contributed by atoms with Crippen molar-refractivity contribution in [2.45, 2.75) is 4.90 Å². The number of nitrogens with zero attached hydrogens (tertiary/aromatic N) is 1. The Morgan fingerprint density at radius 2 is 2.16 bits per heavy atom. The molecule has 0 atom stereocenters. The normalized spacial score (nSPS) is 10.2. The van der Waals surface area contributed by atoms with Crippen LogP contribution in [0.25, 0.3) is 0 Å². The van der Waals surface area contributed by atoms with Crippen LogP contribution in [-0.2, 0) is 0 Å². The van der Waals surface area contributed by atoms with Crippen molar-refractivity contribution < 1.29 is 9.90 Å². The van der Waals surface area contributed by atoms with Crippen LogP contribution in [0.2, 0.25) is 0 Å². The molecule has 0 fully saturated rings. The molecule has 0 amide bonds. The number of nitrogen functional groups attached to an aromatic ring is 1. The van der Waals surface area contributed by atoms with E-state index in [1.54, 1.807) is 11.8 Å². The van der Waals surface area contributed by atoms with Crippen molar-refractivity contribution in [2.75, 3.05) is 17.3 Å². The molecule has 4 N–H and O–H groups in total. The Morgan fingerprint density at radius 1 is 1.42 bits per heavy atom. The van der Waals surface area contributed by atoms with Crippen molar-refractivity contribution in [1.29, 1.82) is 0 Å². The highest BCUT2D eigenvalue weighted by molar-refractivity contribution is 7.98. The van der Waals surface area contributed by atoms with Crippen LogP contribution in [0.1, 0.15) is 10.4 Å². The molecule has 0 bridgehead atoms. The number of hydrogen-bond acceptors (Lipinski definition) is 5. The summed E-state index contributed by atoms with van der Waals surface area (Å²) in [6.07, 6.45) is 3.26. The SMILES string of the molecule is CSc1ccccc1Nc1ncc(C(=O)O)cc1N. The first kappa shape index (κ1) is 13.2. The molecule has 0 saturated carbocycles. The van der Waals surface area contributed by atoms with E-state index in [0.29, 0.717) is 11.5 Å². The highest BCUT2D eigenvalue weighted by Crippen LogP contribution is 2.29. The summed E-state index contributed by atoms with van der Waals surface area (Å²) in [5.74, 6) is -0.596. The average molecular weight is 275 g/mol. The highest BCUT2D eigenvalue weighted by atomic mass is 32.2. The monoisotopic (exact) mass is 275 g/mol. The lowest BCUT2D eigenvalue weighted by atomic mass is 10.2. The number of hydrogen-bond donors (Lipinski definition) is 3. The molecule has 0 spiro atoms. The number of benzene rings is 1. The third-order valence-corrected chi connectivity index (χ3v) is 3.32. The van der Waals surface area contributed by atoms with Crippen LogP contribution in [0.4, 0.5) is 17.2 Å². The smallest absolute Gasteiger partial charge is 0.337 e. The summed E-state index contributed by atoms with van der Waals surface area (Å²) in [6, 6.07) is 9.14. The van der Waals surface area contributed by atoms with Crippen molar-refractivity contribution in [2.24, 2.45) is 0 Å². The maximum Gasteiger partial charge on any atom is 0.337 e. The van der Waals surface area contributed by atoms with Gasteiger partial charge in [0, 0.05) is 11.1 Å². The molecule has 2 aromatic rings. The number of thioether (sulfide) groups is 1. The highest BCUT2D eigenvalue weighted by Gasteiger charge is 2.09. The van der Waals surface area contributed by atoms with E-state index in [2.05, 4.69) is 10.3 Å². The van der Waals surface area contributed by atoms with Gasteiger partial charge in [-0.3, -0.25) is 0 Å². The number of aromatic carboxylic acids is 1. The van der Waals surface area contributed by atoms with Gasteiger partial charge in [-0.25, -0.2) is 9.78 Å². The molecule has 0 unspecified atom stereocenters. The van der Waals surface area contributed by atoms with Crippen LogP contribution >= 0.6 is 11.8 Å². The zero-order valence-electron chi connectivity index (χ0n) is 10.3. The Hall–Kier alpha value is -2.21. The van der Waals surface area contributed by atoms with Crippen LogP contribution in [0.5, 0.6) is 0 Å². The molecule has 0 aliphatic rings. The van der Waals surface area contributed by atoms with E-state index in [9.17, 15) is 4.79 Å². The van der Waals surface area contributed by atoms with Gasteiger partial charge in [0.25, 0.3) is 0 Å². The maximum absolute atomic E-state index is 10.8. The fraction of sp³-hybridized carbons (Fsp3) is 0.0769. The Bertz CT molecular complexity index is 617. The Kier molecular flexibility index (Phi) is 3.91. The lowest BCUT2D eigenvalue weighted by Crippen LogP contribution is -2.04. The van der Waals surface area contributed by atoms with Crippen molar-refractivity contribution in [3.8, 4) is 0 Å². The predicted octanol–water partition coefficient (Wildman–Crippen LogP) is 2.83. The van der Waals surface area contributed by atoms with Gasteiger partial charge >= 0.3 is 5.97 Å². The van der Waals surface area contributed by atoms with Crippen molar-refractivity contribution in [3.05, 3.63) is 42.1 Å². The maximum atomic E-state index is 10.8. The van der Waals surface area contributed by atoms with Gasteiger partial charge in [-0.2, -0.15) is 0 Å². The number of nitrogens with one attached hydrogen (secondary N) is 1. The van der Waals surface area contributed by atoms with Gasteiger partial charge in [-0.1, -0.05) is 12.1 Å². The molecular weight excluding hydrogens is 262 g/mol. The fourth-order valence-electron chi connectivity index (χ4n) is 1.58. The van der Waals surface area contributed by atoms with E-state index in [4.69, 9.17) is 10.8 Å². The van der Waals surface area contributed by atoms with Crippen LogP contribution in [-0.4, -0.2) is 22.3 Å². The Balaban J connectivity index is 2.31. The summed E-state index contributed by atoms with van der Waals surface area (Å²) in [5, 5.41) is 12.0. The van der Waals surface area contributed by atoms with Gasteiger partial charge in [-0.15, -0.1) is 11.8 Å². The van der Waals surface area contributed by atoms with Crippen LogP contribution in [0, 0.1) is 0 Å². The number of carbonyl (C=O) groups is 1. The number of carboxylic acids is 1. The van der Waals surface area contributed by atoms with Crippen LogP contribution < -0.4 is 11.1 Å². The summed E-state index contributed by atoms with van der Waals surface area (Å²) < 4.78 is 0. The Morgan fingerprint density at radius 3 is 2.79 bits per heavy atom. The summed E-state index contributed by atoms with van der Waals surface area (Å²) in [7, 11) is 0. The van der Waals surface area contributed by atoms with Gasteiger partial charge in [0.05, 0.1) is 16.9 Å². The van der Waals surface area contributed by atoms with E-state index in [1.165, 1.54) is 12.3 Å². The lowest BCUT2D eigenvalue weighted by Gasteiger charge is -2.11.